The van der Waals surface area contributed by atoms with Crippen molar-refractivity contribution >= 4 is 22.2 Å². The Labute approximate surface area is 117 Å². The maximum Gasteiger partial charge on any atom is 0.443 e. The molecule has 0 aliphatic rings. The number of para-hydroxylation sites is 1. The van der Waals surface area contributed by atoms with Gasteiger partial charge in [0.25, 0.3) is 0 Å². The Hall–Kier alpha value is -1.86. The van der Waals surface area contributed by atoms with E-state index in [1.54, 1.807) is 0 Å². The molecule has 0 amide bonds. The molecule has 0 saturated heterocycles. The minimum Gasteiger partial charge on any atom is -0.344 e. The largest absolute Gasteiger partial charge is 0.443 e. The standard InChI is InChI=1S/C13H9F3N2S.H3N/c14-13(15,16)12-17-10(8-19-12)7-18-6-5-9-3-1-2-4-11(9)18;/h1-6,8H,7H2;1H3. The van der Waals surface area contributed by atoms with Crippen LogP contribution in [0.5, 0.6) is 0 Å². The highest BCUT2D eigenvalue weighted by atomic mass is 32.1. The van der Waals surface area contributed by atoms with E-state index in [9.17, 15) is 13.2 Å². The zero-order valence-electron chi connectivity index (χ0n) is 10.4. The summed E-state index contributed by atoms with van der Waals surface area (Å²) >= 11 is 0.634. The molecular formula is C13H12F3N3S. The molecule has 2 aromatic heterocycles. The van der Waals surface area contributed by atoms with Crippen molar-refractivity contribution in [2.75, 3.05) is 0 Å². The van der Waals surface area contributed by atoms with Gasteiger partial charge in [0.2, 0.25) is 0 Å². The van der Waals surface area contributed by atoms with Crippen molar-refractivity contribution in [2.45, 2.75) is 12.7 Å². The Bertz CT molecular complexity index is 715. The fraction of sp³-hybridized carbons (Fsp3) is 0.154. The number of benzene rings is 1. The molecule has 0 fully saturated rings. The van der Waals surface area contributed by atoms with Crippen molar-refractivity contribution in [2.24, 2.45) is 0 Å². The highest BCUT2D eigenvalue weighted by Crippen LogP contribution is 2.31. The second-order valence-electron chi connectivity index (χ2n) is 4.14. The molecular weight excluding hydrogens is 287 g/mol. The van der Waals surface area contributed by atoms with Gasteiger partial charge in [-0.1, -0.05) is 18.2 Å². The molecule has 3 rings (SSSR count). The van der Waals surface area contributed by atoms with E-state index < -0.39 is 11.2 Å². The smallest absolute Gasteiger partial charge is 0.344 e. The molecule has 0 bridgehead atoms. The van der Waals surface area contributed by atoms with Crippen molar-refractivity contribution in [3.05, 3.63) is 52.6 Å². The topological polar surface area (TPSA) is 52.8 Å². The van der Waals surface area contributed by atoms with Crippen LogP contribution in [0, 0.1) is 0 Å². The van der Waals surface area contributed by atoms with Gasteiger partial charge >= 0.3 is 6.18 Å². The number of halogens is 3. The minimum absolute atomic E-state index is 0. The lowest BCUT2D eigenvalue weighted by molar-refractivity contribution is -0.137. The summed E-state index contributed by atoms with van der Waals surface area (Å²) in [5.74, 6) is 0. The summed E-state index contributed by atoms with van der Waals surface area (Å²) < 4.78 is 39.3. The monoisotopic (exact) mass is 299 g/mol. The molecule has 0 saturated carbocycles. The van der Waals surface area contributed by atoms with Crippen molar-refractivity contribution in [3.8, 4) is 0 Å². The van der Waals surface area contributed by atoms with Crippen molar-refractivity contribution in [1.29, 1.82) is 0 Å². The van der Waals surface area contributed by atoms with Crippen LogP contribution in [0.1, 0.15) is 10.7 Å². The lowest BCUT2D eigenvalue weighted by Crippen LogP contribution is -2.05. The number of alkyl halides is 3. The van der Waals surface area contributed by atoms with E-state index in [0.717, 1.165) is 10.9 Å². The van der Waals surface area contributed by atoms with Crippen LogP contribution in [0.2, 0.25) is 0 Å². The molecule has 0 unspecified atom stereocenters. The summed E-state index contributed by atoms with van der Waals surface area (Å²) in [7, 11) is 0. The summed E-state index contributed by atoms with van der Waals surface area (Å²) in [6.45, 7) is 0.347. The molecule has 0 spiro atoms. The van der Waals surface area contributed by atoms with E-state index in [4.69, 9.17) is 0 Å². The van der Waals surface area contributed by atoms with Crippen LogP contribution in [-0.4, -0.2) is 9.55 Å². The maximum absolute atomic E-state index is 12.5. The number of rotatable bonds is 2. The second kappa shape index (κ2) is 5.26. The predicted molar refractivity (Wildman–Crippen MR) is 73.2 cm³/mol. The first-order chi connectivity index (χ1) is 9.04. The normalized spacial score (nSPS) is 11.6. The van der Waals surface area contributed by atoms with E-state index in [0.29, 0.717) is 23.6 Å². The summed E-state index contributed by atoms with van der Waals surface area (Å²) in [6.07, 6.45) is -2.50. The Morgan fingerprint density at radius 1 is 1.15 bits per heavy atom. The number of hydrogen-bond acceptors (Lipinski definition) is 3. The highest BCUT2D eigenvalue weighted by molar-refractivity contribution is 7.09. The third kappa shape index (κ3) is 2.68. The minimum atomic E-state index is -4.36. The van der Waals surface area contributed by atoms with E-state index in [-0.39, 0.29) is 6.15 Å². The first kappa shape index (κ1) is 14.5. The zero-order valence-corrected chi connectivity index (χ0v) is 11.2. The van der Waals surface area contributed by atoms with Gasteiger partial charge in [-0.25, -0.2) is 4.98 Å². The molecule has 3 N–H and O–H groups in total. The van der Waals surface area contributed by atoms with Crippen LogP contribution in [0.4, 0.5) is 13.2 Å². The van der Waals surface area contributed by atoms with Gasteiger partial charge in [-0.15, -0.1) is 11.3 Å². The quantitative estimate of drug-likeness (QED) is 0.766. The third-order valence-electron chi connectivity index (χ3n) is 2.81. The van der Waals surface area contributed by atoms with Gasteiger partial charge in [0.1, 0.15) is 0 Å². The van der Waals surface area contributed by atoms with Gasteiger partial charge in [0.05, 0.1) is 12.2 Å². The van der Waals surface area contributed by atoms with Crippen LogP contribution in [0.15, 0.2) is 41.9 Å². The second-order valence-corrected chi connectivity index (χ2v) is 5.00. The van der Waals surface area contributed by atoms with Crippen LogP contribution < -0.4 is 6.15 Å². The molecule has 0 radical (unpaired) electrons. The first-order valence-electron chi connectivity index (χ1n) is 5.59. The molecule has 0 aliphatic heterocycles. The van der Waals surface area contributed by atoms with Crippen LogP contribution in [0.25, 0.3) is 10.9 Å². The molecule has 3 aromatic rings. The average molecular weight is 299 g/mol. The molecule has 0 atom stereocenters. The van der Waals surface area contributed by atoms with Crippen molar-refractivity contribution in [1.82, 2.24) is 15.7 Å². The van der Waals surface area contributed by atoms with E-state index in [2.05, 4.69) is 4.98 Å². The first-order valence-corrected chi connectivity index (χ1v) is 6.47. The van der Waals surface area contributed by atoms with E-state index in [1.165, 1.54) is 5.38 Å². The van der Waals surface area contributed by atoms with Crippen LogP contribution >= 0.6 is 11.3 Å². The number of thiazole rings is 1. The molecule has 106 valence electrons. The van der Waals surface area contributed by atoms with Crippen LogP contribution in [-0.2, 0) is 12.7 Å². The van der Waals surface area contributed by atoms with Gasteiger partial charge in [-0.05, 0) is 17.5 Å². The van der Waals surface area contributed by atoms with Crippen LogP contribution in [0.3, 0.4) is 0 Å². The fourth-order valence-electron chi connectivity index (χ4n) is 1.96. The Balaban J connectivity index is 0.00000147. The molecule has 7 heteroatoms. The maximum atomic E-state index is 12.5. The summed E-state index contributed by atoms with van der Waals surface area (Å²) in [5, 5.41) is 1.73. The van der Waals surface area contributed by atoms with Gasteiger partial charge in [0, 0.05) is 17.1 Å². The Morgan fingerprint density at radius 3 is 2.60 bits per heavy atom. The van der Waals surface area contributed by atoms with Gasteiger partial charge in [-0.3, -0.25) is 0 Å². The number of fused-ring (bicyclic) bond motifs is 1. The summed E-state index contributed by atoms with van der Waals surface area (Å²) in [6, 6.07) is 9.67. The molecule has 3 nitrogen and oxygen atoms in total. The van der Waals surface area contributed by atoms with Crippen molar-refractivity contribution in [3.63, 3.8) is 0 Å². The average Bonchev–Trinajstić information content (AvgIpc) is 2.97. The number of nitrogens with zero attached hydrogens (tertiary/aromatic N) is 2. The highest BCUT2D eigenvalue weighted by Gasteiger charge is 2.34. The fourth-order valence-corrected chi connectivity index (χ4v) is 2.64. The van der Waals surface area contributed by atoms with Gasteiger partial charge in [-0.2, -0.15) is 13.2 Å². The lowest BCUT2D eigenvalue weighted by atomic mass is 10.2. The summed E-state index contributed by atoms with van der Waals surface area (Å²) in [5.41, 5.74) is 1.42. The summed E-state index contributed by atoms with van der Waals surface area (Å²) in [4.78, 5) is 3.64. The number of hydrogen-bond donors (Lipinski definition) is 1. The van der Waals surface area contributed by atoms with E-state index >= 15 is 0 Å². The third-order valence-corrected chi connectivity index (χ3v) is 3.74. The SMILES string of the molecule is FC(F)(F)c1nc(Cn2ccc3ccccc32)cs1.N. The van der Waals surface area contributed by atoms with Crippen molar-refractivity contribution < 1.29 is 13.2 Å². The lowest BCUT2D eigenvalue weighted by Gasteiger charge is -2.03. The molecule has 2 heterocycles. The molecule has 20 heavy (non-hydrogen) atoms. The molecule has 1 aromatic carbocycles. The predicted octanol–water partition coefficient (Wildman–Crippen LogP) is 4.33. The molecule has 0 aliphatic carbocycles. The van der Waals surface area contributed by atoms with E-state index in [1.807, 2.05) is 41.1 Å². The van der Waals surface area contributed by atoms with Gasteiger partial charge < -0.3 is 10.7 Å². The van der Waals surface area contributed by atoms with Gasteiger partial charge in [0.15, 0.2) is 5.01 Å². The Kier molecular flexibility index (Phi) is 3.82. The Morgan fingerprint density at radius 2 is 1.90 bits per heavy atom. The zero-order chi connectivity index (χ0) is 13.5. The number of aromatic nitrogens is 2.